The van der Waals surface area contributed by atoms with Crippen molar-refractivity contribution in [1.82, 2.24) is 0 Å². The molecule has 0 bridgehead atoms. The van der Waals surface area contributed by atoms with Crippen LogP contribution < -0.4 is 9.16 Å². The van der Waals surface area contributed by atoms with Gasteiger partial charge in [0.25, 0.3) is 0 Å². The predicted octanol–water partition coefficient (Wildman–Crippen LogP) is 6.46. The maximum atomic E-state index is 6.51. The standard InChI is InChI=1S/C22H30O2Si/c1-8-9-16-13-19-21(20(14-16)24-25(5,6)7)17-12-15(2)10-11-18(17)22(3,4)23-19/h10-14H,8-9H2,1-7H3. The van der Waals surface area contributed by atoms with E-state index in [1.165, 1.54) is 22.3 Å². The number of benzene rings is 2. The number of ether oxygens (including phenoxy) is 1. The van der Waals surface area contributed by atoms with Gasteiger partial charge in [0.2, 0.25) is 8.32 Å². The zero-order chi connectivity index (χ0) is 18.4. The number of hydrogen-bond acceptors (Lipinski definition) is 2. The van der Waals surface area contributed by atoms with E-state index in [4.69, 9.17) is 9.16 Å². The molecule has 0 unspecified atom stereocenters. The van der Waals surface area contributed by atoms with Gasteiger partial charge in [-0.1, -0.05) is 37.1 Å². The molecule has 1 heterocycles. The third-order valence-corrected chi connectivity index (χ3v) is 5.37. The summed E-state index contributed by atoms with van der Waals surface area (Å²) in [7, 11) is -1.73. The van der Waals surface area contributed by atoms with Crippen molar-refractivity contribution in [3.63, 3.8) is 0 Å². The molecule has 1 aliphatic rings. The van der Waals surface area contributed by atoms with Crippen LogP contribution in [0, 0.1) is 6.92 Å². The molecule has 2 aromatic rings. The number of fused-ring (bicyclic) bond motifs is 3. The van der Waals surface area contributed by atoms with E-state index in [1.807, 2.05) is 0 Å². The van der Waals surface area contributed by atoms with Crippen LogP contribution in [0.2, 0.25) is 19.6 Å². The van der Waals surface area contributed by atoms with Crippen molar-refractivity contribution in [2.24, 2.45) is 0 Å². The molecule has 2 aromatic carbocycles. The Morgan fingerprint density at radius 1 is 1.08 bits per heavy atom. The molecule has 0 atom stereocenters. The molecule has 2 nitrogen and oxygen atoms in total. The minimum absolute atomic E-state index is 0.336. The minimum atomic E-state index is -1.73. The highest BCUT2D eigenvalue weighted by atomic mass is 28.4. The molecule has 25 heavy (non-hydrogen) atoms. The van der Waals surface area contributed by atoms with E-state index in [2.05, 4.69) is 77.7 Å². The van der Waals surface area contributed by atoms with Gasteiger partial charge in [-0.2, -0.15) is 0 Å². The number of rotatable bonds is 4. The SMILES string of the molecule is CCCc1cc2c(c(O[Si](C)(C)C)c1)-c1cc(C)ccc1C(C)(C)O2. The van der Waals surface area contributed by atoms with E-state index in [0.29, 0.717) is 0 Å². The molecule has 0 aliphatic carbocycles. The first-order valence-electron chi connectivity index (χ1n) is 9.27. The molecule has 0 spiro atoms. The lowest BCUT2D eigenvalue weighted by molar-refractivity contribution is 0.105. The van der Waals surface area contributed by atoms with Crippen molar-refractivity contribution >= 4 is 8.32 Å². The van der Waals surface area contributed by atoms with E-state index < -0.39 is 8.32 Å². The molecule has 134 valence electrons. The second-order valence-corrected chi connectivity index (χ2v) is 13.0. The fourth-order valence-electron chi connectivity index (χ4n) is 3.55. The minimum Gasteiger partial charge on any atom is -0.544 e. The molecule has 3 rings (SSSR count). The fraction of sp³-hybridized carbons (Fsp3) is 0.455. The van der Waals surface area contributed by atoms with Gasteiger partial charge in [-0.15, -0.1) is 0 Å². The van der Waals surface area contributed by atoms with Gasteiger partial charge in [0, 0.05) is 5.56 Å². The largest absolute Gasteiger partial charge is 0.544 e. The predicted molar refractivity (Wildman–Crippen MR) is 108 cm³/mol. The number of aryl methyl sites for hydroxylation is 2. The van der Waals surface area contributed by atoms with Crippen LogP contribution in [0.4, 0.5) is 0 Å². The highest BCUT2D eigenvalue weighted by Crippen LogP contribution is 2.50. The van der Waals surface area contributed by atoms with E-state index in [1.54, 1.807) is 0 Å². The molecule has 0 fully saturated rings. The molecule has 0 amide bonds. The summed E-state index contributed by atoms with van der Waals surface area (Å²) in [5.41, 5.74) is 5.83. The summed E-state index contributed by atoms with van der Waals surface area (Å²) in [6.45, 7) is 15.4. The van der Waals surface area contributed by atoms with Crippen LogP contribution in [0.1, 0.15) is 43.9 Å². The van der Waals surface area contributed by atoms with Gasteiger partial charge in [0.05, 0.1) is 5.56 Å². The molecular weight excluding hydrogens is 324 g/mol. The van der Waals surface area contributed by atoms with Gasteiger partial charge >= 0.3 is 0 Å². The van der Waals surface area contributed by atoms with E-state index in [-0.39, 0.29) is 5.60 Å². The van der Waals surface area contributed by atoms with Gasteiger partial charge in [-0.3, -0.25) is 0 Å². The monoisotopic (exact) mass is 354 g/mol. The van der Waals surface area contributed by atoms with Crippen LogP contribution in [-0.2, 0) is 12.0 Å². The Hall–Kier alpha value is -1.74. The van der Waals surface area contributed by atoms with E-state index >= 15 is 0 Å². The lowest BCUT2D eigenvalue weighted by atomic mass is 9.84. The summed E-state index contributed by atoms with van der Waals surface area (Å²) >= 11 is 0. The highest BCUT2D eigenvalue weighted by Gasteiger charge is 2.35. The van der Waals surface area contributed by atoms with Gasteiger partial charge in [-0.05, 0) is 70.1 Å². The smallest absolute Gasteiger partial charge is 0.242 e. The summed E-state index contributed by atoms with van der Waals surface area (Å²) in [4.78, 5) is 0. The molecule has 0 aromatic heterocycles. The van der Waals surface area contributed by atoms with Crippen molar-refractivity contribution in [3.05, 3.63) is 47.0 Å². The van der Waals surface area contributed by atoms with Gasteiger partial charge in [0.15, 0.2) is 0 Å². The summed E-state index contributed by atoms with van der Waals surface area (Å²) in [5, 5.41) is 0. The van der Waals surface area contributed by atoms with Crippen molar-refractivity contribution in [2.45, 2.75) is 65.8 Å². The van der Waals surface area contributed by atoms with Crippen molar-refractivity contribution in [1.29, 1.82) is 0 Å². The van der Waals surface area contributed by atoms with Crippen LogP contribution in [0.5, 0.6) is 11.5 Å². The Labute approximate surface area is 153 Å². The molecule has 3 heteroatoms. The van der Waals surface area contributed by atoms with E-state index in [9.17, 15) is 0 Å². The topological polar surface area (TPSA) is 18.5 Å². The number of hydrogen-bond donors (Lipinski definition) is 0. The Bertz CT molecular complexity index is 800. The summed E-state index contributed by atoms with van der Waals surface area (Å²) < 4.78 is 13.0. The van der Waals surface area contributed by atoms with Crippen molar-refractivity contribution in [2.75, 3.05) is 0 Å². The first-order chi connectivity index (χ1) is 11.6. The Morgan fingerprint density at radius 2 is 1.80 bits per heavy atom. The Morgan fingerprint density at radius 3 is 2.44 bits per heavy atom. The molecule has 0 N–H and O–H groups in total. The highest BCUT2D eigenvalue weighted by molar-refractivity contribution is 6.70. The van der Waals surface area contributed by atoms with Gasteiger partial charge in [-0.25, -0.2) is 0 Å². The van der Waals surface area contributed by atoms with Gasteiger partial charge < -0.3 is 9.16 Å². The van der Waals surface area contributed by atoms with Crippen LogP contribution in [0.3, 0.4) is 0 Å². The molecule has 0 radical (unpaired) electrons. The fourth-order valence-corrected chi connectivity index (χ4v) is 4.37. The third kappa shape index (κ3) is 3.62. The maximum absolute atomic E-state index is 6.51. The first-order valence-corrected chi connectivity index (χ1v) is 12.7. The normalized spacial score (nSPS) is 15.2. The average molecular weight is 355 g/mol. The van der Waals surface area contributed by atoms with Crippen LogP contribution in [0.25, 0.3) is 11.1 Å². The zero-order valence-corrected chi connectivity index (χ0v) is 17.6. The second-order valence-electron chi connectivity index (χ2n) is 8.59. The first kappa shape index (κ1) is 18.1. The lowest BCUT2D eigenvalue weighted by Crippen LogP contribution is -2.32. The van der Waals surface area contributed by atoms with Crippen LogP contribution in [-0.4, -0.2) is 8.32 Å². The Balaban J connectivity index is 2.28. The molecule has 0 saturated heterocycles. The van der Waals surface area contributed by atoms with Crippen molar-refractivity contribution in [3.8, 4) is 22.6 Å². The molecule has 0 saturated carbocycles. The second kappa shape index (κ2) is 6.21. The summed E-state index contributed by atoms with van der Waals surface area (Å²) in [5.74, 6) is 1.95. The zero-order valence-electron chi connectivity index (χ0n) is 16.6. The maximum Gasteiger partial charge on any atom is 0.242 e. The average Bonchev–Trinajstić information content (AvgIpc) is 2.44. The summed E-state index contributed by atoms with van der Waals surface area (Å²) in [6, 6.07) is 11.1. The quantitative estimate of drug-likeness (QED) is 0.587. The molecule has 1 aliphatic heterocycles. The summed E-state index contributed by atoms with van der Waals surface area (Å²) in [6.07, 6.45) is 2.16. The Kier molecular flexibility index (Phi) is 4.48. The van der Waals surface area contributed by atoms with E-state index in [0.717, 1.165) is 29.9 Å². The van der Waals surface area contributed by atoms with Crippen LogP contribution in [0.15, 0.2) is 30.3 Å². The lowest BCUT2D eigenvalue weighted by Gasteiger charge is -2.37. The third-order valence-electron chi connectivity index (χ3n) is 4.54. The van der Waals surface area contributed by atoms with Crippen LogP contribution >= 0.6 is 0 Å². The molecular formula is C22H30O2Si. The van der Waals surface area contributed by atoms with Crippen molar-refractivity contribution < 1.29 is 9.16 Å². The van der Waals surface area contributed by atoms with Gasteiger partial charge in [0.1, 0.15) is 17.1 Å².